The third-order valence-corrected chi connectivity index (χ3v) is 4.95. The molecule has 20 heavy (non-hydrogen) atoms. The fourth-order valence-electron chi connectivity index (χ4n) is 3.00. The van der Waals surface area contributed by atoms with E-state index in [1.807, 2.05) is 12.1 Å². The number of anilines is 1. The van der Waals surface area contributed by atoms with Gasteiger partial charge in [-0.2, -0.15) is 5.26 Å². The summed E-state index contributed by atoms with van der Waals surface area (Å²) in [6.45, 7) is 6.59. The Balaban J connectivity index is 0.00000200. The Kier molecular flexibility index (Phi) is 4.68. The van der Waals surface area contributed by atoms with Gasteiger partial charge in [0.1, 0.15) is 11.9 Å². The number of nitrogens with zero attached hydrogens (tertiary/aromatic N) is 3. The Labute approximate surface area is 127 Å². The zero-order valence-corrected chi connectivity index (χ0v) is 13.4. The van der Waals surface area contributed by atoms with Crippen LogP contribution >= 0.6 is 12.4 Å². The molecular formula is C15H23ClN4. The number of pyridine rings is 1. The lowest BCUT2D eigenvalue weighted by Crippen LogP contribution is -2.53. The van der Waals surface area contributed by atoms with Crippen molar-refractivity contribution in [1.29, 1.82) is 5.26 Å². The van der Waals surface area contributed by atoms with Gasteiger partial charge in [0.15, 0.2) is 0 Å². The van der Waals surface area contributed by atoms with Gasteiger partial charge in [-0.1, -0.05) is 13.8 Å². The van der Waals surface area contributed by atoms with Gasteiger partial charge in [0.05, 0.1) is 5.56 Å². The van der Waals surface area contributed by atoms with Crippen LogP contribution in [0.2, 0.25) is 0 Å². The highest BCUT2D eigenvalue weighted by Gasteiger charge is 2.50. The van der Waals surface area contributed by atoms with E-state index >= 15 is 0 Å². The van der Waals surface area contributed by atoms with Crippen molar-refractivity contribution in [3.05, 3.63) is 23.9 Å². The molecule has 1 heterocycles. The molecule has 2 atom stereocenters. The van der Waals surface area contributed by atoms with E-state index in [1.54, 1.807) is 6.20 Å². The largest absolute Gasteiger partial charge is 0.356 e. The topological polar surface area (TPSA) is 65.9 Å². The minimum atomic E-state index is -0.154. The molecule has 1 aromatic rings. The standard InChI is InChI=1S/C15H22N4.ClH/c1-14(2)12(7-8-15(14,3)17)19(4)13-6-5-11(9-16)10-18-13;/h5-6,10,12H,7-8,17H2,1-4H3;1H/t12-,15+;/m0./s1. The predicted octanol–water partition coefficient (Wildman–Crippen LogP) is 2.72. The number of aromatic nitrogens is 1. The van der Waals surface area contributed by atoms with Crippen molar-refractivity contribution in [3.8, 4) is 6.07 Å². The van der Waals surface area contributed by atoms with Gasteiger partial charge in [0.25, 0.3) is 0 Å². The maximum atomic E-state index is 8.81. The van der Waals surface area contributed by atoms with Crippen molar-refractivity contribution < 1.29 is 0 Å². The summed E-state index contributed by atoms with van der Waals surface area (Å²) < 4.78 is 0. The van der Waals surface area contributed by atoms with Crippen LogP contribution in [0.25, 0.3) is 0 Å². The minimum Gasteiger partial charge on any atom is -0.356 e. The summed E-state index contributed by atoms with van der Waals surface area (Å²) in [5.74, 6) is 0.898. The third kappa shape index (κ3) is 2.61. The Hall–Kier alpha value is -1.31. The molecule has 1 fully saturated rings. The van der Waals surface area contributed by atoms with Crippen LogP contribution in [-0.4, -0.2) is 23.6 Å². The molecule has 5 heteroatoms. The maximum absolute atomic E-state index is 8.81. The van der Waals surface area contributed by atoms with Gasteiger partial charge in [0, 0.05) is 30.2 Å². The smallest absolute Gasteiger partial charge is 0.128 e. The second-order valence-electron chi connectivity index (χ2n) is 6.32. The lowest BCUT2D eigenvalue weighted by atomic mass is 9.74. The van der Waals surface area contributed by atoms with Gasteiger partial charge in [-0.15, -0.1) is 12.4 Å². The fraction of sp³-hybridized carbons (Fsp3) is 0.600. The predicted molar refractivity (Wildman–Crippen MR) is 84.0 cm³/mol. The molecule has 0 bridgehead atoms. The van der Waals surface area contributed by atoms with Gasteiger partial charge in [-0.05, 0) is 31.9 Å². The molecule has 2 N–H and O–H groups in total. The average Bonchev–Trinajstić information content (AvgIpc) is 2.58. The molecule has 4 nitrogen and oxygen atoms in total. The Bertz CT molecular complexity index is 502. The van der Waals surface area contributed by atoms with Crippen molar-refractivity contribution in [2.75, 3.05) is 11.9 Å². The fourth-order valence-corrected chi connectivity index (χ4v) is 3.00. The van der Waals surface area contributed by atoms with Crippen LogP contribution in [0, 0.1) is 16.7 Å². The van der Waals surface area contributed by atoms with E-state index in [4.69, 9.17) is 11.0 Å². The van der Waals surface area contributed by atoms with Crippen LogP contribution in [0.15, 0.2) is 18.3 Å². The molecule has 0 saturated heterocycles. The Morgan fingerprint density at radius 2 is 2.05 bits per heavy atom. The quantitative estimate of drug-likeness (QED) is 0.911. The number of hydrogen-bond acceptors (Lipinski definition) is 4. The molecule has 0 aromatic carbocycles. The van der Waals surface area contributed by atoms with Crippen molar-refractivity contribution in [2.24, 2.45) is 11.1 Å². The normalized spacial score (nSPS) is 27.5. The van der Waals surface area contributed by atoms with Gasteiger partial charge >= 0.3 is 0 Å². The lowest BCUT2D eigenvalue weighted by Gasteiger charge is -2.42. The molecule has 1 saturated carbocycles. The highest BCUT2D eigenvalue weighted by atomic mass is 35.5. The third-order valence-electron chi connectivity index (χ3n) is 4.95. The van der Waals surface area contributed by atoms with Gasteiger partial charge < -0.3 is 10.6 Å². The summed E-state index contributed by atoms with van der Waals surface area (Å²) >= 11 is 0. The van der Waals surface area contributed by atoms with Crippen molar-refractivity contribution >= 4 is 18.2 Å². The summed E-state index contributed by atoms with van der Waals surface area (Å²) in [4.78, 5) is 6.56. The van der Waals surface area contributed by atoms with Crippen molar-refractivity contribution in [2.45, 2.75) is 45.2 Å². The minimum absolute atomic E-state index is 0. The lowest BCUT2D eigenvalue weighted by molar-refractivity contribution is 0.203. The van der Waals surface area contributed by atoms with Crippen LogP contribution in [0.5, 0.6) is 0 Å². The Morgan fingerprint density at radius 1 is 1.40 bits per heavy atom. The van der Waals surface area contributed by atoms with Crippen LogP contribution in [0.4, 0.5) is 5.82 Å². The Morgan fingerprint density at radius 3 is 2.45 bits per heavy atom. The molecule has 1 aromatic heterocycles. The van der Waals surface area contributed by atoms with E-state index in [1.165, 1.54) is 0 Å². The number of rotatable bonds is 2. The molecule has 110 valence electrons. The number of hydrogen-bond donors (Lipinski definition) is 1. The molecule has 0 unspecified atom stereocenters. The van der Waals surface area contributed by atoms with E-state index in [0.717, 1.165) is 18.7 Å². The summed E-state index contributed by atoms with van der Waals surface area (Å²) in [6.07, 6.45) is 3.71. The highest BCUT2D eigenvalue weighted by Crippen LogP contribution is 2.46. The summed E-state index contributed by atoms with van der Waals surface area (Å²) in [5.41, 5.74) is 6.88. The maximum Gasteiger partial charge on any atom is 0.128 e. The van der Waals surface area contributed by atoms with Crippen LogP contribution in [-0.2, 0) is 0 Å². The first-order valence-corrected chi connectivity index (χ1v) is 6.67. The second kappa shape index (κ2) is 5.59. The van der Waals surface area contributed by atoms with E-state index in [-0.39, 0.29) is 23.4 Å². The molecule has 0 aliphatic heterocycles. The van der Waals surface area contributed by atoms with Crippen molar-refractivity contribution in [1.82, 2.24) is 4.98 Å². The van der Waals surface area contributed by atoms with E-state index in [0.29, 0.717) is 11.6 Å². The van der Waals surface area contributed by atoms with Gasteiger partial charge in [-0.3, -0.25) is 0 Å². The highest BCUT2D eigenvalue weighted by molar-refractivity contribution is 5.85. The monoisotopic (exact) mass is 294 g/mol. The average molecular weight is 295 g/mol. The van der Waals surface area contributed by atoms with Crippen LogP contribution in [0.1, 0.15) is 39.2 Å². The van der Waals surface area contributed by atoms with Gasteiger partial charge in [-0.25, -0.2) is 4.98 Å². The first kappa shape index (κ1) is 16.7. The second-order valence-corrected chi connectivity index (χ2v) is 6.32. The summed E-state index contributed by atoms with van der Waals surface area (Å²) in [5, 5.41) is 8.81. The van der Waals surface area contributed by atoms with Crippen molar-refractivity contribution in [3.63, 3.8) is 0 Å². The number of nitrogens with two attached hydrogens (primary N) is 1. The first-order valence-electron chi connectivity index (χ1n) is 6.67. The van der Waals surface area contributed by atoms with E-state index in [9.17, 15) is 0 Å². The van der Waals surface area contributed by atoms with Gasteiger partial charge in [0.2, 0.25) is 0 Å². The molecular weight excluding hydrogens is 272 g/mol. The zero-order chi connectivity index (χ0) is 14.3. The van der Waals surface area contributed by atoms with E-state index in [2.05, 4.69) is 43.8 Å². The summed E-state index contributed by atoms with van der Waals surface area (Å²) in [7, 11) is 2.06. The number of nitriles is 1. The van der Waals surface area contributed by atoms with E-state index < -0.39 is 0 Å². The first-order chi connectivity index (χ1) is 8.79. The van der Waals surface area contributed by atoms with Crippen LogP contribution < -0.4 is 10.6 Å². The summed E-state index contributed by atoms with van der Waals surface area (Å²) in [6, 6.07) is 6.17. The molecule has 0 spiro atoms. The zero-order valence-electron chi connectivity index (χ0n) is 12.6. The van der Waals surface area contributed by atoms with Crippen LogP contribution in [0.3, 0.4) is 0 Å². The molecule has 2 rings (SSSR count). The molecule has 0 radical (unpaired) electrons. The molecule has 1 aliphatic rings. The molecule has 1 aliphatic carbocycles. The molecule has 0 amide bonds. The SMILES string of the molecule is CN(c1ccc(C#N)cn1)[C@H]1CC[C@@](C)(N)C1(C)C.Cl. The number of halogens is 1.